The van der Waals surface area contributed by atoms with Crippen molar-refractivity contribution in [1.29, 1.82) is 0 Å². The van der Waals surface area contributed by atoms with Gasteiger partial charge in [-0.05, 0) is 30.3 Å². The van der Waals surface area contributed by atoms with Crippen LogP contribution in [0.15, 0.2) is 36.7 Å². The van der Waals surface area contributed by atoms with E-state index in [9.17, 15) is 22.8 Å². The number of fused-ring (bicyclic) bond motifs is 1. The third kappa shape index (κ3) is 6.67. The van der Waals surface area contributed by atoms with Crippen LogP contribution >= 0.6 is 0 Å². The normalized spacial score (nSPS) is 11.0. The van der Waals surface area contributed by atoms with Crippen molar-refractivity contribution in [3.63, 3.8) is 0 Å². The standard InChI is InChI=1S/C24H24F3N5O4/c1-35-9-8-30-23(34)16-5-6-18(20(12-16)36-2)29-7-3-4-15-10-17(22(28)33)21-19(11-15)32(14-31-21)13-24(25,26)27/h5-6,10-12,14,29H,7-9,13H2,1-2H3,(H2,28,33)(H,30,34). The second kappa shape index (κ2) is 11.5. The molecule has 0 spiro atoms. The quantitative estimate of drug-likeness (QED) is 0.305. The molecule has 190 valence electrons. The SMILES string of the molecule is COCCNC(=O)c1ccc(NCC#Cc2cc(C(N)=O)c3ncn(CC(F)(F)F)c3c2)c(OC)c1. The molecule has 0 fully saturated rings. The Kier molecular flexibility index (Phi) is 8.39. The average Bonchev–Trinajstić information content (AvgIpc) is 3.22. The van der Waals surface area contributed by atoms with Crippen LogP contribution in [0.4, 0.5) is 18.9 Å². The van der Waals surface area contributed by atoms with Gasteiger partial charge in [0.15, 0.2) is 0 Å². The van der Waals surface area contributed by atoms with Crippen LogP contribution in [0.3, 0.4) is 0 Å². The number of alkyl halides is 3. The molecule has 0 radical (unpaired) electrons. The highest BCUT2D eigenvalue weighted by Gasteiger charge is 2.29. The first-order chi connectivity index (χ1) is 17.1. The molecule has 12 heteroatoms. The van der Waals surface area contributed by atoms with Crippen molar-refractivity contribution < 1.29 is 32.2 Å². The van der Waals surface area contributed by atoms with Gasteiger partial charge in [0.25, 0.3) is 11.8 Å². The van der Waals surface area contributed by atoms with E-state index in [1.807, 2.05) is 0 Å². The summed E-state index contributed by atoms with van der Waals surface area (Å²) in [7, 11) is 3.00. The summed E-state index contributed by atoms with van der Waals surface area (Å²) in [4.78, 5) is 28.0. The first-order valence-electron chi connectivity index (χ1n) is 10.7. The van der Waals surface area contributed by atoms with Crippen molar-refractivity contribution in [1.82, 2.24) is 14.9 Å². The third-order valence-electron chi connectivity index (χ3n) is 5.00. The molecule has 0 saturated heterocycles. The molecule has 1 heterocycles. The summed E-state index contributed by atoms with van der Waals surface area (Å²) in [6.45, 7) is -0.366. The van der Waals surface area contributed by atoms with Gasteiger partial charge in [-0.3, -0.25) is 9.59 Å². The fourth-order valence-corrected chi connectivity index (χ4v) is 3.38. The molecule has 0 aliphatic rings. The number of rotatable bonds is 9. The van der Waals surface area contributed by atoms with Crippen LogP contribution in [0.5, 0.6) is 5.75 Å². The van der Waals surface area contributed by atoms with E-state index < -0.39 is 18.6 Å². The van der Waals surface area contributed by atoms with E-state index in [1.165, 1.54) is 26.4 Å². The lowest BCUT2D eigenvalue weighted by Crippen LogP contribution is -2.26. The second-order valence-corrected chi connectivity index (χ2v) is 7.56. The van der Waals surface area contributed by atoms with Gasteiger partial charge in [-0.15, -0.1) is 0 Å². The van der Waals surface area contributed by atoms with Gasteiger partial charge in [0, 0.05) is 24.8 Å². The number of nitrogens with zero attached hydrogens (tertiary/aromatic N) is 2. The van der Waals surface area contributed by atoms with E-state index in [1.54, 1.807) is 18.2 Å². The predicted octanol–water partition coefficient (Wildman–Crippen LogP) is 2.55. The minimum atomic E-state index is -4.47. The molecule has 3 aromatic rings. The van der Waals surface area contributed by atoms with E-state index in [0.29, 0.717) is 35.7 Å². The number of ether oxygens (including phenoxy) is 2. The minimum absolute atomic E-state index is 0.0216. The number of nitrogens with one attached hydrogen (secondary N) is 2. The van der Waals surface area contributed by atoms with E-state index in [4.69, 9.17) is 15.2 Å². The number of carbonyl (C=O) groups excluding carboxylic acids is 2. The van der Waals surface area contributed by atoms with Crippen LogP contribution in [0.1, 0.15) is 26.3 Å². The molecular formula is C24H24F3N5O4. The highest BCUT2D eigenvalue weighted by Crippen LogP contribution is 2.26. The van der Waals surface area contributed by atoms with Gasteiger partial charge in [0.05, 0.1) is 43.4 Å². The fourth-order valence-electron chi connectivity index (χ4n) is 3.38. The molecule has 36 heavy (non-hydrogen) atoms. The lowest BCUT2D eigenvalue weighted by atomic mass is 10.1. The molecular weight excluding hydrogens is 479 g/mol. The van der Waals surface area contributed by atoms with Crippen LogP contribution in [-0.2, 0) is 11.3 Å². The molecule has 2 amide bonds. The first-order valence-corrected chi connectivity index (χ1v) is 10.7. The van der Waals surface area contributed by atoms with E-state index in [-0.39, 0.29) is 29.0 Å². The summed E-state index contributed by atoms with van der Waals surface area (Å²) in [5.41, 5.74) is 6.84. The van der Waals surface area contributed by atoms with Crippen molar-refractivity contribution in [2.75, 3.05) is 39.2 Å². The summed E-state index contributed by atoms with van der Waals surface area (Å²) in [5.74, 6) is 4.99. The molecule has 0 saturated carbocycles. The monoisotopic (exact) mass is 503 g/mol. The average molecular weight is 503 g/mol. The Morgan fingerprint density at radius 1 is 1.19 bits per heavy atom. The number of benzene rings is 2. The number of hydrogen-bond acceptors (Lipinski definition) is 6. The van der Waals surface area contributed by atoms with Crippen LogP contribution < -0.4 is 21.1 Å². The fraction of sp³-hybridized carbons (Fsp3) is 0.292. The number of carbonyl (C=O) groups is 2. The van der Waals surface area contributed by atoms with Gasteiger partial charge >= 0.3 is 6.18 Å². The topological polar surface area (TPSA) is 120 Å². The molecule has 1 aromatic heterocycles. The second-order valence-electron chi connectivity index (χ2n) is 7.56. The number of primary amides is 1. The van der Waals surface area contributed by atoms with Crippen LogP contribution in [0.25, 0.3) is 11.0 Å². The van der Waals surface area contributed by atoms with E-state index in [2.05, 4.69) is 27.5 Å². The van der Waals surface area contributed by atoms with Crippen LogP contribution in [0.2, 0.25) is 0 Å². The van der Waals surface area contributed by atoms with Crippen LogP contribution in [-0.4, -0.2) is 61.5 Å². The van der Waals surface area contributed by atoms with E-state index >= 15 is 0 Å². The van der Waals surface area contributed by atoms with Gasteiger partial charge in [0.2, 0.25) is 0 Å². The summed E-state index contributed by atoms with van der Waals surface area (Å²) in [6, 6.07) is 7.67. The molecule has 0 unspecified atom stereocenters. The number of hydrogen-bond donors (Lipinski definition) is 3. The Morgan fingerprint density at radius 3 is 2.64 bits per heavy atom. The lowest BCUT2D eigenvalue weighted by Gasteiger charge is -2.11. The Hall–Kier alpha value is -4.24. The number of imidazole rings is 1. The number of methoxy groups -OCH3 is 2. The molecule has 0 aliphatic heterocycles. The number of amides is 2. The lowest BCUT2D eigenvalue weighted by molar-refractivity contribution is -0.139. The van der Waals surface area contributed by atoms with Gasteiger partial charge in [0.1, 0.15) is 17.8 Å². The highest BCUT2D eigenvalue weighted by atomic mass is 19.4. The maximum atomic E-state index is 12.9. The van der Waals surface area contributed by atoms with Gasteiger partial charge in [-0.25, -0.2) is 4.98 Å². The zero-order valence-electron chi connectivity index (χ0n) is 19.5. The van der Waals surface area contributed by atoms with Crippen molar-refractivity contribution in [3.05, 3.63) is 53.3 Å². The first kappa shape index (κ1) is 26.4. The zero-order chi connectivity index (χ0) is 26.3. The number of aromatic nitrogens is 2. The summed E-state index contributed by atoms with van der Waals surface area (Å²) < 4.78 is 49.8. The minimum Gasteiger partial charge on any atom is -0.495 e. The van der Waals surface area contributed by atoms with Gasteiger partial charge < -0.3 is 30.4 Å². The van der Waals surface area contributed by atoms with Crippen molar-refractivity contribution in [3.8, 4) is 17.6 Å². The highest BCUT2D eigenvalue weighted by molar-refractivity contribution is 6.04. The Bertz CT molecular complexity index is 1330. The molecule has 9 nitrogen and oxygen atoms in total. The number of nitrogens with two attached hydrogens (primary N) is 1. The van der Waals surface area contributed by atoms with Gasteiger partial charge in [-0.2, -0.15) is 13.2 Å². The summed E-state index contributed by atoms with van der Waals surface area (Å²) >= 11 is 0. The van der Waals surface area contributed by atoms with Crippen molar-refractivity contribution >= 4 is 28.5 Å². The summed E-state index contributed by atoms with van der Waals surface area (Å²) in [6.07, 6.45) is -3.46. The molecule has 2 aromatic carbocycles. The Balaban J connectivity index is 1.77. The summed E-state index contributed by atoms with van der Waals surface area (Å²) in [5, 5.41) is 5.77. The molecule has 0 atom stereocenters. The molecule has 0 aliphatic carbocycles. The molecule has 3 rings (SSSR count). The van der Waals surface area contributed by atoms with Crippen molar-refractivity contribution in [2.45, 2.75) is 12.7 Å². The molecule has 4 N–H and O–H groups in total. The zero-order valence-corrected chi connectivity index (χ0v) is 19.5. The Morgan fingerprint density at radius 2 is 1.97 bits per heavy atom. The van der Waals surface area contributed by atoms with Crippen molar-refractivity contribution in [2.24, 2.45) is 5.73 Å². The van der Waals surface area contributed by atoms with Crippen LogP contribution in [0, 0.1) is 11.8 Å². The Labute approximate surface area is 204 Å². The largest absolute Gasteiger partial charge is 0.495 e. The maximum absolute atomic E-state index is 12.9. The predicted molar refractivity (Wildman–Crippen MR) is 127 cm³/mol. The number of halogens is 3. The van der Waals surface area contributed by atoms with Gasteiger partial charge in [-0.1, -0.05) is 11.8 Å². The smallest absolute Gasteiger partial charge is 0.406 e. The molecule has 0 bridgehead atoms. The third-order valence-corrected chi connectivity index (χ3v) is 5.00. The van der Waals surface area contributed by atoms with E-state index in [0.717, 1.165) is 10.9 Å². The number of anilines is 1. The maximum Gasteiger partial charge on any atom is 0.406 e.